The van der Waals surface area contributed by atoms with Crippen molar-refractivity contribution in [1.29, 1.82) is 0 Å². The number of fused-ring (bicyclic) bond motifs is 1. The van der Waals surface area contributed by atoms with Gasteiger partial charge >= 0.3 is 5.69 Å². The van der Waals surface area contributed by atoms with Crippen LogP contribution in [0.4, 0.5) is 0 Å². The smallest absolute Gasteiger partial charge is 0.321 e. The summed E-state index contributed by atoms with van der Waals surface area (Å²) >= 11 is 1.55. The highest BCUT2D eigenvalue weighted by atomic mass is 32.1. The minimum Gasteiger partial charge on any atom is -0.321 e. The van der Waals surface area contributed by atoms with E-state index in [0.29, 0.717) is 17.0 Å². The lowest BCUT2D eigenvalue weighted by Gasteiger charge is -2.03. The third-order valence-corrected chi connectivity index (χ3v) is 4.08. The normalized spacial score (nSPS) is 11.3. The predicted molar refractivity (Wildman–Crippen MR) is 74.5 cm³/mol. The summed E-state index contributed by atoms with van der Waals surface area (Å²) in [6.07, 6.45) is 0. The van der Waals surface area contributed by atoms with Crippen LogP contribution in [-0.2, 0) is 21.1 Å². The van der Waals surface area contributed by atoms with Crippen LogP contribution >= 0.6 is 11.3 Å². The van der Waals surface area contributed by atoms with Crippen molar-refractivity contribution in [2.45, 2.75) is 0 Å². The summed E-state index contributed by atoms with van der Waals surface area (Å²) in [5, 5.41) is 1.95. The van der Waals surface area contributed by atoms with Crippen molar-refractivity contribution < 1.29 is 0 Å². The maximum absolute atomic E-state index is 12.2. The molecule has 0 bridgehead atoms. The quantitative estimate of drug-likeness (QED) is 0.657. The van der Waals surface area contributed by atoms with Crippen LogP contribution in [0.15, 0.2) is 27.1 Å². The average molecular weight is 276 g/mol. The van der Waals surface area contributed by atoms with Gasteiger partial charge in [-0.3, -0.25) is 13.9 Å². The fourth-order valence-corrected chi connectivity index (χ4v) is 2.89. The molecule has 0 N–H and O–H groups in total. The number of rotatable bonds is 1. The molecule has 0 radical (unpaired) electrons. The molecule has 3 rings (SSSR count). The molecule has 3 heterocycles. The summed E-state index contributed by atoms with van der Waals surface area (Å²) in [5.74, 6) is 0.698. The molecular formula is C12H12N4O2S. The SMILES string of the molecule is Cn1c(=O)c2c(nc(-c3cccs3)n2C)n(C)c1=O. The van der Waals surface area contributed by atoms with Gasteiger partial charge < -0.3 is 4.57 Å². The first kappa shape index (κ1) is 11.9. The van der Waals surface area contributed by atoms with Gasteiger partial charge in [0.2, 0.25) is 0 Å². The maximum Gasteiger partial charge on any atom is 0.332 e. The number of hydrogen-bond acceptors (Lipinski definition) is 4. The molecule has 0 saturated heterocycles. The molecule has 0 atom stereocenters. The van der Waals surface area contributed by atoms with Crippen molar-refractivity contribution in [2.24, 2.45) is 21.1 Å². The summed E-state index contributed by atoms with van der Waals surface area (Å²) in [5.41, 5.74) is 0.163. The summed E-state index contributed by atoms with van der Waals surface area (Å²) in [6.45, 7) is 0. The van der Waals surface area contributed by atoms with Gasteiger partial charge in [-0.2, -0.15) is 0 Å². The number of aromatic nitrogens is 4. The van der Waals surface area contributed by atoms with Crippen LogP contribution in [-0.4, -0.2) is 18.7 Å². The molecule has 0 aromatic carbocycles. The first-order chi connectivity index (χ1) is 9.02. The Kier molecular flexibility index (Phi) is 2.46. The van der Waals surface area contributed by atoms with Crippen LogP contribution in [0.25, 0.3) is 21.9 Å². The molecule has 98 valence electrons. The van der Waals surface area contributed by atoms with E-state index in [0.717, 1.165) is 9.44 Å². The summed E-state index contributed by atoms with van der Waals surface area (Å²) in [6, 6.07) is 3.87. The molecule has 3 aromatic rings. The van der Waals surface area contributed by atoms with Gasteiger partial charge in [-0.15, -0.1) is 11.3 Å². The molecule has 0 fully saturated rings. The zero-order chi connectivity index (χ0) is 13.7. The van der Waals surface area contributed by atoms with Crippen LogP contribution in [0.3, 0.4) is 0 Å². The summed E-state index contributed by atoms with van der Waals surface area (Å²) in [7, 11) is 4.88. The van der Waals surface area contributed by atoms with Gasteiger partial charge in [0.1, 0.15) is 0 Å². The van der Waals surface area contributed by atoms with Crippen molar-refractivity contribution in [3.05, 3.63) is 38.4 Å². The fraction of sp³-hybridized carbons (Fsp3) is 0.250. The van der Waals surface area contributed by atoms with Crippen LogP contribution in [0.1, 0.15) is 0 Å². The van der Waals surface area contributed by atoms with E-state index in [4.69, 9.17) is 0 Å². The highest BCUT2D eigenvalue weighted by molar-refractivity contribution is 7.13. The van der Waals surface area contributed by atoms with E-state index in [2.05, 4.69) is 4.98 Å². The zero-order valence-corrected chi connectivity index (χ0v) is 11.6. The monoisotopic (exact) mass is 276 g/mol. The second-order valence-corrected chi connectivity index (χ2v) is 5.30. The Morgan fingerprint density at radius 3 is 2.47 bits per heavy atom. The molecule has 6 nitrogen and oxygen atoms in total. The Balaban J connectivity index is 2.53. The molecular weight excluding hydrogens is 264 g/mol. The first-order valence-corrected chi connectivity index (χ1v) is 6.56. The fourth-order valence-electron chi connectivity index (χ4n) is 2.14. The Labute approximate surface area is 112 Å². The lowest BCUT2D eigenvalue weighted by Crippen LogP contribution is -2.37. The Hall–Kier alpha value is -2.15. The van der Waals surface area contributed by atoms with E-state index in [9.17, 15) is 9.59 Å². The number of thiophene rings is 1. The van der Waals surface area contributed by atoms with Crippen LogP contribution in [0.2, 0.25) is 0 Å². The zero-order valence-electron chi connectivity index (χ0n) is 10.7. The van der Waals surface area contributed by atoms with Crippen LogP contribution in [0, 0.1) is 0 Å². The second-order valence-electron chi connectivity index (χ2n) is 4.35. The molecule has 0 amide bonds. The first-order valence-electron chi connectivity index (χ1n) is 5.68. The molecule has 7 heteroatoms. The molecule has 19 heavy (non-hydrogen) atoms. The minimum absolute atomic E-state index is 0.323. The Morgan fingerprint density at radius 1 is 1.11 bits per heavy atom. The molecule has 0 unspecified atom stereocenters. The largest absolute Gasteiger partial charge is 0.332 e. The minimum atomic E-state index is -0.367. The van der Waals surface area contributed by atoms with Crippen molar-refractivity contribution in [1.82, 2.24) is 18.7 Å². The number of imidazole rings is 1. The molecule has 0 aliphatic carbocycles. The van der Waals surface area contributed by atoms with E-state index in [1.165, 1.54) is 11.6 Å². The average Bonchev–Trinajstić information content (AvgIpc) is 3.01. The molecule has 0 spiro atoms. The molecule has 3 aromatic heterocycles. The van der Waals surface area contributed by atoms with E-state index >= 15 is 0 Å². The third-order valence-electron chi connectivity index (χ3n) is 3.22. The van der Waals surface area contributed by atoms with Crippen molar-refractivity contribution in [3.8, 4) is 10.7 Å². The molecule has 0 aliphatic rings. The lowest BCUT2D eigenvalue weighted by molar-refractivity contribution is 0.705. The van der Waals surface area contributed by atoms with Crippen molar-refractivity contribution in [3.63, 3.8) is 0 Å². The second kappa shape index (κ2) is 3.92. The van der Waals surface area contributed by atoms with E-state index in [-0.39, 0.29) is 11.2 Å². The Morgan fingerprint density at radius 2 is 1.84 bits per heavy atom. The van der Waals surface area contributed by atoms with Crippen molar-refractivity contribution >= 4 is 22.5 Å². The lowest BCUT2D eigenvalue weighted by atomic mass is 10.4. The van der Waals surface area contributed by atoms with Gasteiger partial charge in [-0.1, -0.05) is 6.07 Å². The van der Waals surface area contributed by atoms with Crippen molar-refractivity contribution in [2.75, 3.05) is 0 Å². The Bertz CT molecular complexity index is 883. The summed E-state index contributed by atoms with van der Waals surface area (Å²) in [4.78, 5) is 29.5. The number of aryl methyl sites for hydroxylation is 2. The highest BCUT2D eigenvalue weighted by Gasteiger charge is 2.17. The molecule has 0 aliphatic heterocycles. The summed E-state index contributed by atoms with van der Waals surface area (Å²) < 4.78 is 4.24. The predicted octanol–water partition coefficient (Wildman–Crippen LogP) is 0.699. The highest BCUT2D eigenvalue weighted by Crippen LogP contribution is 2.25. The van der Waals surface area contributed by atoms with Gasteiger partial charge in [-0.05, 0) is 11.4 Å². The van der Waals surface area contributed by atoms with E-state index in [1.54, 1.807) is 30.0 Å². The standard InChI is InChI=1S/C12H12N4O2S/c1-14-8-10(13-9(14)7-5-4-6-19-7)15(2)12(18)16(3)11(8)17/h4-6H,1-3H3. The molecule has 0 saturated carbocycles. The van der Waals surface area contributed by atoms with Gasteiger partial charge in [0.15, 0.2) is 17.0 Å². The van der Waals surface area contributed by atoms with E-state index < -0.39 is 0 Å². The van der Waals surface area contributed by atoms with Gasteiger partial charge in [0.25, 0.3) is 5.56 Å². The van der Waals surface area contributed by atoms with Crippen LogP contribution < -0.4 is 11.2 Å². The number of nitrogens with zero attached hydrogens (tertiary/aromatic N) is 4. The third kappa shape index (κ3) is 1.51. The van der Waals surface area contributed by atoms with Gasteiger partial charge in [0, 0.05) is 21.1 Å². The van der Waals surface area contributed by atoms with Gasteiger partial charge in [-0.25, -0.2) is 9.78 Å². The maximum atomic E-state index is 12.2. The topological polar surface area (TPSA) is 61.8 Å². The van der Waals surface area contributed by atoms with Gasteiger partial charge in [0.05, 0.1) is 4.88 Å². The van der Waals surface area contributed by atoms with Crippen LogP contribution in [0.5, 0.6) is 0 Å². The number of hydrogen-bond donors (Lipinski definition) is 0. The van der Waals surface area contributed by atoms with E-state index in [1.807, 2.05) is 17.5 Å².